The molecule has 0 N–H and O–H groups in total. The summed E-state index contributed by atoms with van der Waals surface area (Å²) in [6, 6.07) is 2.07. The van der Waals surface area contributed by atoms with Gasteiger partial charge in [-0.05, 0) is 18.4 Å². The molecule has 1 aromatic heterocycles. The molecule has 2 rings (SSSR count). The summed E-state index contributed by atoms with van der Waals surface area (Å²) in [7, 11) is 0. The van der Waals surface area contributed by atoms with Crippen molar-refractivity contribution < 1.29 is 9.47 Å². The standard InChI is InChI=1S/C8H10O2S.C2H6.H2S/c1-6-7(2-5-11-6)8-9-3-4-10-8;1-2;/h2,5,8H,3-4H2,1H3;1-2H3;1H2. The fraction of sp³-hybridized carbons (Fsp3) is 0.600. The number of aryl methyl sites for hydroxylation is 1. The van der Waals surface area contributed by atoms with Gasteiger partial charge >= 0.3 is 0 Å². The van der Waals surface area contributed by atoms with Gasteiger partial charge in [0, 0.05) is 10.4 Å². The average molecular weight is 234 g/mol. The third-order valence-corrected chi connectivity index (χ3v) is 2.64. The second kappa shape index (κ2) is 7.29. The first-order chi connectivity index (χ1) is 6.38. The molecule has 1 aromatic rings. The van der Waals surface area contributed by atoms with Gasteiger partial charge in [-0.1, -0.05) is 13.8 Å². The van der Waals surface area contributed by atoms with Crippen LogP contribution in [-0.2, 0) is 9.47 Å². The van der Waals surface area contributed by atoms with E-state index in [0.717, 1.165) is 13.2 Å². The van der Waals surface area contributed by atoms with Crippen LogP contribution in [0.5, 0.6) is 0 Å². The van der Waals surface area contributed by atoms with E-state index in [2.05, 4.69) is 18.4 Å². The van der Waals surface area contributed by atoms with Crippen molar-refractivity contribution in [2.45, 2.75) is 27.1 Å². The van der Waals surface area contributed by atoms with Crippen LogP contribution in [0.3, 0.4) is 0 Å². The van der Waals surface area contributed by atoms with Crippen molar-refractivity contribution in [3.8, 4) is 0 Å². The van der Waals surface area contributed by atoms with Gasteiger partial charge in [0.25, 0.3) is 0 Å². The maximum Gasteiger partial charge on any atom is 0.185 e. The zero-order chi connectivity index (χ0) is 9.68. The van der Waals surface area contributed by atoms with E-state index in [4.69, 9.17) is 9.47 Å². The van der Waals surface area contributed by atoms with E-state index in [1.165, 1.54) is 10.4 Å². The normalized spacial score (nSPS) is 15.6. The molecule has 0 bridgehead atoms. The van der Waals surface area contributed by atoms with Crippen LogP contribution >= 0.6 is 24.8 Å². The Balaban J connectivity index is 0.000000531. The van der Waals surface area contributed by atoms with E-state index in [0.29, 0.717) is 0 Å². The lowest BCUT2D eigenvalue weighted by Crippen LogP contribution is -1.96. The third kappa shape index (κ3) is 3.28. The largest absolute Gasteiger partial charge is 0.346 e. The number of hydrogen-bond donors (Lipinski definition) is 0. The molecule has 0 aliphatic carbocycles. The van der Waals surface area contributed by atoms with Crippen molar-refractivity contribution in [2.24, 2.45) is 0 Å². The van der Waals surface area contributed by atoms with Gasteiger partial charge < -0.3 is 9.47 Å². The van der Waals surface area contributed by atoms with Gasteiger partial charge in [0.2, 0.25) is 0 Å². The topological polar surface area (TPSA) is 18.5 Å². The molecule has 1 aliphatic heterocycles. The van der Waals surface area contributed by atoms with Crippen LogP contribution in [-0.4, -0.2) is 13.2 Å². The molecular formula is C10H18O2S2. The Morgan fingerprint density at radius 2 is 1.86 bits per heavy atom. The quantitative estimate of drug-likeness (QED) is 0.742. The number of ether oxygens (including phenoxy) is 2. The van der Waals surface area contributed by atoms with E-state index in [1.54, 1.807) is 11.3 Å². The Kier molecular flexibility index (Phi) is 7.27. The van der Waals surface area contributed by atoms with E-state index in [-0.39, 0.29) is 19.8 Å². The van der Waals surface area contributed by atoms with Crippen molar-refractivity contribution in [3.05, 3.63) is 21.9 Å². The summed E-state index contributed by atoms with van der Waals surface area (Å²) in [5.41, 5.74) is 1.19. The molecule has 82 valence electrons. The van der Waals surface area contributed by atoms with Crippen molar-refractivity contribution >= 4 is 24.8 Å². The van der Waals surface area contributed by atoms with Crippen LogP contribution in [0.1, 0.15) is 30.6 Å². The number of thiophene rings is 1. The Labute approximate surface area is 96.7 Å². The smallest absolute Gasteiger partial charge is 0.185 e. The molecule has 4 heteroatoms. The highest BCUT2D eigenvalue weighted by atomic mass is 32.1. The fourth-order valence-corrected chi connectivity index (χ4v) is 1.90. The molecule has 0 saturated carbocycles. The Morgan fingerprint density at radius 1 is 1.29 bits per heavy atom. The minimum atomic E-state index is -0.0961. The molecule has 2 nitrogen and oxygen atoms in total. The predicted molar refractivity (Wildman–Crippen MR) is 65.4 cm³/mol. The summed E-state index contributed by atoms with van der Waals surface area (Å²) in [5, 5.41) is 2.07. The van der Waals surface area contributed by atoms with E-state index in [1.807, 2.05) is 13.8 Å². The molecule has 14 heavy (non-hydrogen) atoms. The molecule has 1 saturated heterocycles. The van der Waals surface area contributed by atoms with Crippen LogP contribution in [0.4, 0.5) is 0 Å². The van der Waals surface area contributed by atoms with Gasteiger partial charge in [-0.25, -0.2) is 0 Å². The summed E-state index contributed by atoms with van der Waals surface area (Å²) in [4.78, 5) is 1.29. The molecular weight excluding hydrogens is 216 g/mol. The predicted octanol–water partition coefficient (Wildman–Crippen LogP) is 3.24. The molecule has 0 unspecified atom stereocenters. The van der Waals surface area contributed by atoms with Crippen LogP contribution in [0.15, 0.2) is 11.4 Å². The Bertz CT molecular complexity index is 242. The Morgan fingerprint density at radius 3 is 2.29 bits per heavy atom. The molecule has 0 amide bonds. The lowest BCUT2D eigenvalue weighted by atomic mass is 10.2. The zero-order valence-corrected chi connectivity index (χ0v) is 10.7. The zero-order valence-electron chi connectivity index (χ0n) is 8.87. The van der Waals surface area contributed by atoms with Crippen LogP contribution < -0.4 is 0 Å². The summed E-state index contributed by atoms with van der Waals surface area (Å²) in [6.45, 7) is 7.53. The monoisotopic (exact) mass is 234 g/mol. The average Bonchev–Trinajstić information content (AvgIpc) is 2.77. The molecule has 1 aliphatic rings. The van der Waals surface area contributed by atoms with Crippen LogP contribution in [0.2, 0.25) is 0 Å². The van der Waals surface area contributed by atoms with Gasteiger partial charge in [-0.2, -0.15) is 13.5 Å². The van der Waals surface area contributed by atoms with Gasteiger partial charge in [0.1, 0.15) is 0 Å². The molecule has 1 fully saturated rings. The summed E-state index contributed by atoms with van der Waals surface area (Å²) in [5.74, 6) is 0. The van der Waals surface area contributed by atoms with E-state index < -0.39 is 0 Å². The molecule has 0 radical (unpaired) electrons. The summed E-state index contributed by atoms with van der Waals surface area (Å²) in [6.07, 6.45) is -0.0961. The highest BCUT2D eigenvalue weighted by Gasteiger charge is 2.20. The van der Waals surface area contributed by atoms with Gasteiger partial charge in [-0.15, -0.1) is 11.3 Å². The second-order valence-electron chi connectivity index (χ2n) is 2.51. The minimum absolute atomic E-state index is 0. The second-order valence-corrected chi connectivity index (χ2v) is 3.63. The first kappa shape index (κ1) is 14.0. The molecule has 0 atom stereocenters. The molecule has 0 aromatic carbocycles. The maximum absolute atomic E-state index is 5.36. The number of rotatable bonds is 1. The highest BCUT2D eigenvalue weighted by Crippen LogP contribution is 2.28. The SMILES string of the molecule is CC.Cc1sccc1C1OCCO1.S. The first-order valence-corrected chi connectivity index (χ1v) is 5.53. The maximum atomic E-state index is 5.36. The first-order valence-electron chi connectivity index (χ1n) is 4.65. The highest BCUT2D eigenvalue weighted by molar-refractivity contribution is 7.59. The molecule has 0 spiro atoms. The Hall–Kier alpha value is -0.0300. The van der Waals surface area contributed by atoms with Crippen LogP contribution in [0.25, 0.3) is 0 Å². The van der Waals surface area contributed by atoms with Crippen LogP contribution in [0, 0.1) is 6.92 Å². The van der Waals surface area contributed by atoms with Crippen molar-refractivity contribution in [2.75, 3.05) is 13.2 Å². The third-order valence-electron chi connectivity index (χ3n) is 1.77. The lowest BCUT2D eigenvalue weighted by Gasteiger charge is -2.07. The van der Waals surface area contributed by atoms with Gasteiger partial charge in [0.15, 0.2) is 6.29 Å². The molecule has 2 heterocycles. The van der Waals surface area contributed by atoms with E-state index >= 15 is 0 Å². The summed E-state index contributed by atoms with van der Waals surface area (Å²) < 4.78 is 10.7. The van der Waals surface area contributed by atoms with Crippen molar-refractivity contribution in [1.82, 2.24) is 0 Å². The lowest BCUT2D eigenvalue weighted by molar-refractivity contribution is -0.0441. The van der Waals surface area contributed by atoms with E-state index in [9.17, 15) is 0 Å². The van der Waals surface area contributed by atoms with Crippen molar-refractivity contribution in [3.63, 3.8) is 0 Å². The van der Waals surface area contributed by atoms with Gasteiger partial charge in [0.05, 0.1) is 13.2 Å². The van der Waals surface area contributed by atoms with Crippen molar-refractivity contribution in [1.29, 1.82) is 0 Å². The summed E-state index contributed by atoms with van der Waals surface area (Å²) >= 11 is 1.73. The minimum Gasteiger partial charge on any atom is -0.346 e. The van der Waals surface area contributed by atoms with Gasteiger partial charge in [-0.3, -0.25) is 0 Å². The number of hydrogen-bond acceptors (Lipinski definition) is 3. The fourth-order valence-electron chi connectivity index (χ4n) is 1.18.